The molecule has 3 aromatic rings. The van der Waals surface area contributed by atoms with E-state index >= 15 is 0 Å². The van der Waals surface area contributed by atoms with E-state index in [2.05, 4.69) is 15.4 Å². The lowest BCUT2D eigenvalue weighted by atomic mass is 10.1. The second-order valence-corrected chi connectivity index (χ2v) is 5.81. The third-order valence-corrected chi connectivity index (χ3v) is 3.83. The number of carbonyl (C=O) groups is 1. The van der Waals surface area contributed by atoms with Crippen molar-refractivity contribution in [3.63, 3.8) is 0 Å². The number of ether oxygens (including phenoxy) is 1. The SMILES string of the molecule is Cc1cccc(C(=O)Nc2ccc(OCCN)c(-c3ccnn3C)c2)n1. The quantitative estimate of drug-likeness (QED) is 0.711. The first-order valence-corrected chi connectivity index (χ1v) is 8.29. The minimum Gasteiger partial charge on any atom is -0.492 e. The number of aromatic nitrogens is 3. The van der Waals surface area contributed by atoms with E-state index in [0.29, 0.717) is 30.3 Å². The Hall–Kier alpha value is -3.19. The number of pyridine rings is 1. The van der Waals surface area contributed by atoms with Gasteiger partial charge in [0.25, 0.3) is 5.91 Å². The van der Waals surface area contributed by atoms with Crippen LogP contribution in [0.3, 0.4) is 0 Å². The molecular formula is C19H21N5O2. The number of hydrogen-bond donors (Lipinski definition) is 2. The van der Waals surface area contributed by atoms with Crippen molar-refractivity contribution in [2.75, 3.05) is 18.5 Å². The first kappa shape index (κ1) is 17.6. The zero-order valence-electron chi connectivity index (χ0n) is 14.8. The average molecular weight is 351 g/mol. The van der Waals surface area contributed by atoms with Gasteiger partial charge in [-0.1, -0.05) is 6.07 Å². The zero-order chi connectivity index (χ0) is 18.5. The lowest BCUT2D eigenvalue weighted by molar-refractivity contribution is 0.102. The molecule has 0 saturated carbocycles. The van der Waals surface area contributed by atoms with Crippen LogP contribution in [0.25, 0.3) is 11.3 Å². The van der Waals surface area contributed by atoms with Crippen LogP contribution in [0.1, 0.15) is 16.2 Å². The second-order valence-electron chi connectivity index (χ2n) is 5.81. The van der Waals surface area contributed by atoms with Gasteiger partial charge in [0.1, 0.15) is 18.1 Å². The highest BCUT2D eigenvalue weighted by Crippen LogP contribution is 2.32. The van der Waals surface area contributed by atoms with Gasteiger partial charge >= 0.3 is 0 Å². The number of nitrogens with one attached hydrogen (secondary N) is 1. The van der Waals surface area contributed by atoms with Crippen molar-refractivity contribution in [3.8, 4) is 17.0 Å². The summed E-state index contributed by atoms with van der Waals surface area (Å²) >= 11 is 0. The van der Waals surface area contributed by atoms with Gasteiger partial charge in [-0.05, 0) is 43.3 Å². The Bertz CT molecular complexity index is 920. The normalized spacial score (nSPS) is 10.6. The van der Waals surface area contributed by atoms with Crippen molar-refractivity contribution >= 4 is 11.6 Å². The molecular weight excluding hydrogens is 330 g/mol. The number of aryl methyl sites for hydroxylation is 2. The molecule has 0 spiro atoms. The summed E-state index contributed by atoms with van der Waals surface area (Å²) < 4.78 is 7.48. The summed E-state index contributed by atoms with van der Waals surface area (Å²) in [5, 5.41) is 7.08. The van der Waals surface area contributed by atoms with Crippen molar-refractivity contribution in [1.29, 1.82) is 0 Å². The first-order chi connectivity index (χ1) is 12.6. The van der Waals surface area contributed by atoms with Gasteiger partial charge in [-0.3, -0.25) is 9.48 Å². The Morgan fingerprint density at radius 2 is 2.12 bits per heavy atom. The molecule has 3 N–H and O–H groups in total. The maximum atomic E-state index is 12.4. The highest BCUT2D eigenvalue weighted by atomic mass is 16.5. The van der Waals surface area contributed by atoms with Gasteiger partial charge in [0.2, 0.25) is 0 Å². The molecule has 1 amide bonds. The van der Waals surface area contributed by atoms with Gasteiger partial charge in [0.05, 0.1) is 5.69 Å². The second kappa shape index (κ2) is 7.79. The lowest BCUT2D eigenvalue weighted by Crippen LogP contribution is -2.14. The van der Waals surface area contributed by atoms with Crippen LogP contribution in [0.2, 0.25) is 0 Å². The Balaban J connectivity index is 1.91. The molecule has 134 valence electrons. The smallest absolute Gasteiger partial charge is 0.274 e. The Labute approximate surface area is 151 Å². The number of anilines is 1. The van der Waals surface area contributed by atoms with Crippen molar-refractivity contribution < 1.29 is 9.53 Å². The number of benzene rings is 1. The van der Waals surface area contributed by atoms with Crippen LogP contribution in [0, 0.1) is 6.92 Å². The fourth-order valence-corrected chi connectivity index (χ4v) is 2.61. The molecule has 7 nitrogen and oxygen atoms in total. The number of hydrogen-bond acceptors (Lipinski definition) is 5. The van der Waals surface area contributed by atoms with E-state index in [1.165, 1.54) is 0 Å². The zero-order valence-corrected chi connectivity index (χ0v) is 14.8. The van der Waals surface area contributed by atoms with Crippen LogP contribution in [-0.2, 0) is 7.05 Å². The molecule has 0 bridgehead atoms. The molecule has 0 atom stereocenters. The maximum Gasteiger partial charge on any atom is 0.274 e. The predicted molar refractivity (Wildman–Crippen MR) is 100 cm³/mol. The van der Waals surface area contributed by atoms with Crippen LogP contribution in [0.5, 0.6) is 5.75 Å². The molecule has 26 heavy (non-hydrogen) atoms. The summed E-state index contributed by atoms with van der Waals surface area (Å²) in [6.07, 6.45) is 1.71. The molecule has 1 aromatic carbocycles. The topological polar surface area (TPSA) is 95.1 Å². The van der Waals surface area contributed by atoms with Crippen molar-refractivity contribution in [3.05, 3.63) is 60.0 Å². The molecule has 0 radical (unpaired) electrons. The molecule has 0 aliphatic heterocycles. The Kier molecular flexibility index (Phi) is 5.28. The molecule has 7 heteroatoms. The van der Waals surface area contributed by atoms with Gasteiger partial charge in [0, 0.05) is 36.7 Å². The van der Waals surface area contributed by atoms with Gasteiger partial charge < -0.3 is 15.8 Å². The van der Waals surface area contributed by atoms with Crippen molar-refractivity contribution in [1.82, 2.24) is 14.8 Å². The summed E-state index contributed by atoms with van der Waals surface area (Å²) in [5.41, 5.74) is 9.05. The molecule has 0 fully saturated rings. The molecule has 2 heterocycles. The minimum atomic E-state index is -0.264. The number of rotatable bonds is 6. The number of nitrogens with two attached hydrogens (primary N) is 1. The fourth-order valence-electron chi connectivity index (χ4n) is 2.61. The third-order valence-electron chi connectivity index (χ3n) is 3.83. The van der Waals surface area contributed by atoms with E-state index in [4.69, 9.17) is 10.5 Å². The van der Waals surface area contributed by atoms with Gasteiger partial charge in [0.15, 0.2) is 0 Å². The van der Waals surface area contributed by atoms with Gasteiger partial charge in [-0.25, -0.2) is 4.98 Å². The monoisotopic (exact) mass is 351 g/mol. The van der Waals surface area contributed by atoms with E-state index in [0.717, 1.165) is 17.0 Å². The maximum absolute atomic E-state index is 12.4. The van der Waals surface area contributed by atoms with Crippen LogP contribution < -0.4 is 15.8 Å². The summed E-state index contributed by atoms with van der Waals surface area (Å²) in [7, 11) is 1.85. The van der Waals surface area contributed by atoms with E-state index in [1.807, 2.05) is 44.3 Å². The fraction of sp³-hybridized carbons (Fsp3) is 0.211. The van der Waals surface area contributed by atoms with Crippen LogP contribution in [0.4, 0.5) is 5.69 Å². The Morgan fingerprint density at radius 3 is 2.81 bits per heavy atom. The van der Waals surface area contributed by atoms with Gasteiger partial charge in [-0.15, -0.1) is 0 Å². The molecule has 0 aliphatic rings. The highest BCUT2D eigenvalue weighted by Gasteiger charge is 2.13. The standard InChI is InChI=1S/C19H21N5O2/c1-13-4-3-5-16(22-13)19(25)23-14-6-7-18(26-11-9-20)15(12-14)17-8-10-21-24(17)2/h3-8,10,12H,9,11,20H2,1-2H3,(H,23,25). The molecule has 2 aromatic heterocycles. The van der Waals surface area contributed by atoms with E-state index in [-0.39, 0.29) is 5.91 Å². The van der Waals surface area contributed by atoms with Crippen LogP contribution >= 0.6 is 0 Å². The molecule has 0 unspecified atom stereocenters. The largest absolute Gasteiger partial charge is 0.492 e. The molecule has 0 aliphatic carbocycles. The number of nitrogens with zero attached hydrogens (tertiary/aromatic N) is 3. The third kappa shape index (κ3) is 3.89. The van der Waals surface area contributed by atoms with E-state index in [9.17, 15) is 4.79 Å². The first-order valence-electron chi connectivity index (χ1n) is 8.29. The number of amides is 1. The average Bonchev–Trinajstić information content (AvgIpc) is 3.06. The summed E-state index contributed by atoms with van der Waals surface area (Å²) in [4.78, 5) is 16.7. The molecule has 3 rings (SSSR count). The Morgan fingerprint density at radius 1 is 1.27 bits per heavy atom. The van der Waals surface area contributed by atoms with Crippen LogP contribution in [0.15, 0.2) is 48.7 Å². The van der Waals surface area contributed by atoms with Crippen molar-refractivity contribution in [2.45, 2.75) is 6.92 Å². The molecule has 0 saturated heterocycles. The van der Waals surface area contributed by atoms with Crippen molar-refractivity contribution in [2.24, 2.45) is 12.8 Å². The van der Waals surface area contributed by atoms with Gasteiger partial charge in [-0.2, -0.15) is 5.10 Å². The summed E-state index contributed by atoms with van der Waals surface area (Å²) in [5.74, 6) is 0.422. The van der Waals surface area contributed by atoms with Crippen LogP contribution in [-0.4, -0.2) is 33.8 Å². The predicted octanol–water partition coefficient (Wildman–Crippen LogP) is 2.38. The van der Waals surface area contributed by atoms with E-state index < -0.39 is 0 Å². The number of carbonyl (C=O) groups excluding carboxylic acids is 1. The lowest BCUT2D eigenvalue weighted by Gasteiger charge is -2.14. The summed E-state index contributed by atoms with van der Waals surface area (Å²) in [6, 6.07) is 12.7. The highest BCUT2D eigenvalue weighted by molar-refractivity contribution is 6.03. The summed E-state index contributed by atoms with van der Waals surface area (Å²) in [6.45, 7) is 2.67. The van der Waals surface area contributed by atoms with E-state index in [1.54, 1.807) is 23.0 Å². The minimum absolute atomic E-state index is 0.264.